The number of imidazole rings is 1. The van der Waals surface area contributed by atoms with E-state index in [1.165, 1.54) is 0 Å². The summed E-state index contributed by atoms with van der Waals surface area (Å²) in [6, 6.07) is 7.92. The number of nitrogens with zero attached hydrogens (tertiary/aromatic N) is 5. The van der Waals surface area contributed by atoms with Gasteiger partial charge < -0.3 is 14.8 Å². The van der Waals surface area contributed by atoms with Crippen molar-refractivity contribution in [2.45, 2.75) is 26.2 Å². The van der Waals surface area contributed by atoms with Crippen molar-refractivity contribution in [2.24, 2.45) is 13.0 Å². The number of carbonyl (C=O) groups is 1. The fraction of sp³-hybridized carbons (Fsp3) is 0.333. The predicted octanol–water partition coefficient (Wildman–Crippen LogP) is 3.52. The topological polar surface area (TPSA) is 86.8 Å². The summed E-state index contributed by atoms with van der Waals surface area (Å²) in [5.74, 6) is 0.176. The van der Waals surface area contributed by atoms with Crippen LogP contribution < -0.4 is 10.2 Å². The molecule has 0 aliphatic heterocycles. The molecule has 3 aromatic rings. The summed E-state index contributed by atoms with van der Waals surface area (Å²) in [6.07, 6.45) is 6.17. The Hall–Kier alpha value is -3.40. The van der Waals surface area contributed by atoms with E-state index in [2.05, 4.69) is 28.3 Å². The highest BCUT2D eigenvalue weighted by molar-refractivity contribution is 6.03. The SMILES string of the molecule is CCc1cc(C#N)ncc1N(C)c1cc(NC(=O)C2CC2)c2ncn(C)c2c1. The minimum absolute atomic E-state index is 0.0565. The first-order valence-electron chi connectivity index (χ1n) is 9.40. The molecular weight excluding hydrogens is 352 g/mol. The molecule has 28 heavy (non-hydrogen) atoms. The van der Waals surface area contributed by atoms with Gasteiger partial charge in [0.15, 0.2) is 0 Å². The summed E-state index contributed by atoms with van der Waals surface area (Å²) in [4.78, 5) is 23.1. The molecule has 1 N–H and O–H groups in total. The average Bonchev–Trinajstić information content (AvgIpc) is 3.50. The van der Waals surface area contributed by atoms with Crippen molar-refractivity contribution in [1.29, 1.82) is 5.26 Å². The first kappa shape index (κ1) is 18.0. The molecule has 1 fully saturated rings. The molecule has 1 saturated carbocycles. The molecule has 4 rings (SSSR count). The Morgan fingerprint density at radius 1 is 1.36 bits per heavy atom. The molecule has 142 valence electrons. The molecule has 0 unspecified atom stereocenters. The van der Waals surface area contributed by atoms with E-state index in [4.69, 9.17) is 5.26 Å². The van der Waals surface area contributed by atoms with E-state index in [-0.39, 0.29) is 11.8 Å². The number of benzene rings is 1. The standard InChI is InChI=1S/C21H22N6O/c1-4-13-7-15(10-22)23-11-19(13)27(3)16-8-17(25-21(28)14-5-6-14)20-18(9-16)26(2)12-24-20/h7-9,11-12,14H,4-6H2,1-3H3,(H,25,28). The van der Waals surface area contributed by atoms with Gasteiger partial charge in [-0.25, -0.2) is 9.97 Å². The minimum Gasteiger partial charge on any atom is -0.343 e. The Balaban J connectivity index is 1.78. The second-order valence-electron chi connectivity index (χ2n) is 7.20. The van der Waals surface area contributed by atoms with Crippen molar-refractivity contribution in [1.82, 2.24) is 14.5 Å². The second-order valence-corrected chi connectivity index (χ2v) is 7.20. The normalized spacial score (nSPS) is 13.4. The van der Waals surface area contributed by atoms with E-state index in [0.29, 0.717) is 5.69 Å². The van der Waals surface area contributed by atoms with Gasteiger partial charge in [-0.15, -0.1) is 0 Å². The Morgan fingerprint density at radius 2 is 2.14 bits per heavy atom. The maximum Gasteiger partial charge on any atom is 0.227 e. The van der Waals surface area contributed by atoms with E-state index in [0.717, 1.165) is 52.9 Å². The number of aryl methyl sites for hydroxylation is 2. The molecule has 2 aromatic heterocycles. The Morgan fingerprint density at radius 3 is 2.82 bits per heavy atom. The molecule has 0 bridgehead atoms. The lowest BCUT2D eigenvalue weighted by atomic mass is 10.1. The lowest BCUT2D eigenvalue weighted by Gasteiger charge is -2.23. The van der Waals surface area contributed by atoms with Crippen molar-refractivity contribution in [3.05, 3.63) is 42.0 Å². The van der Waals surface area contributed by atoms with E-state index < -0.39 is 0 Å². The van der Waals surface area contributed by atoms with Crippen molar-refractivity contribution in [3.63, 3.8) is 0 Å². The van der Waals surface area contributed by atoms with Crippen LogP contribution in [0.4, 0.5) is 17.1 Å². The monoisotopic (exact) mass is 374 g/mol. The van der Waals surface area contributed by atoms with Gasteiger partial charge in [-0.2, -0.15) is 5.26 Å². The first-order valence-corrected chi connectivity index (χ1v) is 9.40. The molecule has 2 heterocycles. The number of fused-ring (bicyclic) bond motifs is 1. The minimum atomic E-state index is 0.0565. The number of pyridine rings is 1. The largest absolute Gasteiger partial charge is 0.343 e. The fourth-order valence-corrected chi connectivity index (χ4v) is 3.36. The van der Waals surface area contributed by atoms with Crippen LogP contribution in [0.2, 0.25) is 0 Å². The zero-order chi connectivity index (χ0) is 19.8. The molecule has 0 atom stereocenters. The highest BCUT2D eigenvalue weighted by atomic mass is 16.2. The quantitative estimate of drug-likeness (QED) is 0.738. The third kappa shape index (κ3) is 3.18. The van der Waals surface area contributed by atoms with Crippen LogP contribution in [0.5, 0.6) is 0 Å². The Labute approximate surface area is 163 Å². The lowest BCUT2D eigenvalue weighted by molar-refractivity contribution is -0.117. The summed E-state index contributed by atoms with van der Waals surface area (Å²) in [5, 5.41) is 12.2. The number of hydrogen-bond acceptors (Lipinski definition) is 5. The molecule has 7 heteroatoms. The van der Waals surface area contributed by atoms with Gasteiger partial charge >= 0.3 is 0 Å². The molecule has 0 spiro atoms. The van der Waals surface area contributed by atoms with Crippen molar-refractivity contribution >= 4 is 34.0 Å². The smallest absolute Gasteiger partial charge is 0.227 e. The number of hydrogen-bond donors (Lipinski definition) is 1. The van der Waals surface area contributed by atoms with Gasteiger partial charge in [0.2, 0.25) is 5.91 Å². The average molecular weight is 374 g/mol. The van der Waals surface area contributed by atoms with Crippen LogP contribution in [0, 0.1) is 17.2 Å². The molecule has 1 aliphatic rings. The lowest BCUT2D eigenvalue weighted by Crippen LogP contribution is -2.16. The molecule has 1 aliphatic carbocycles. The van der Waals surface area contributed by atoms with Crippen LogP contribution in [0.15, 0.2) is 30.7 Å². The van der Waals surface area contributed by atoms with E-state index in [1.807, 2.05) is 41.8 Å². The van der Waals surface area contributed by atoms with Gasteiger partial charge in [-0.3, -0.25) is 4.79 Å². The number of rotatable bonds is 5. The third-order valence-corrected chi connectivity index (χ3v) is 5.23. The van der Waals surface area contributed by atoms with Gasteiger partial charge in [0.1, 0.15) is 17.3 Å². The summed E-state index contributed by atoms with van der Waals surface area (Å²) in [5.41, 5.74) is 5.75. The van der Waals surface area contributed by atoms with E-state index in [1.54, 1.807) is 12.5 Å². The number of aromatic nitrogens is 3. The van der Waals surface area contributed by atoms with Crippen LogP contribution in [0.1, 0.15) is 31.0 Å². The molecule has 0 saturated heterocycles. The molecule has 7 nitrogen and oxygen atoms in total. The van der Waals surface area contributed by atoms with Gasteiger partial charge in [-0.05, 0) is 43.0 Å². The molecule has 1 amide bonds. The zero-order valence-electron chi connectivity index (χ0n) is 16.2. The number of nitriles is 1. The molecule has 0 radical (unpaired) electrons. The van der Waals surface area contributed by atoms with Gasteiger partial charge in [-0.1, -0.05) is 6.92 Å². The Bertz CT molecular complexity index is 1110. The highest BCUT2D eigenvalue weighted by Crippen LogP contribution is 2.35. The van der Waals surface area contributed by atoms with Crippen molar-refractivity contribution in [3.8, 4) is 6.07 Å². The number of amides is 1. The van der Waals surface area contributed by atoms with Crippen molar-refractivity contribution in [2.75, 3.05) is 17.3 Å². The molecular formula is C21H22N6O. The maximum absolute atomic E-state index is 12.3. The van der Waals surface area contributed by atoms with Crippen LogP contribution in [-0.4, -0.2) is 27.5 Å². The first-order chi connectivity index (χ1) is 13.5. The van der Waals surface area contributed by atoms with E-state index in [9.17, 15) is 4.79 Å². The van der Waals surface area contributed by atoms with Crippen LogP contribution >= 0.6 is 0 Å². The summed E-state index contributed by atoms with van der Waals surface area (Å²) >= 11 is 0. The summed E-state index contributed by atoms with van der Waals surface area (Å²) < 4.78 is 1.94. The zero-order valence-corrected chi connectivity index (χ0v) is 16.2. The number of nitrogens with one attached hydrogen (secondary N) is 1. The van der Waals surface area contributed by atoms with Crippen molar-refractivity contribution < 1.29 is 4.79 Å². The summed E-state index contributed by atoms with van der Waals surface area (Å²) in [7, 11) is 3.90. The maximum atomic E-state index is 12.3. The number of anilines is 3. The Kier molecular flexibility index (Phi) is 4.47. The second kappa shape index (κ2) is 6.97. The summed E-state index contributed by atoms with van der Waals surface area (Å²) in [6.45, 7) is 2.05. The van der Waals surface area contributed by atoms with Crippen LogP contribution in [0.3, 0.4) is 0 Å². The third-order valence-electron chi connectivity index (χ3n) is 5.23. The van der Waals surface area contributed by atoms with Crippen LogP contribution in [0.25, 0.3) is 11.0 Å². The number of carbonyl (C=O) groups excluding carboxylic acids is 1. The van der Waals surface area contributed by atoms with Gasteiger partial charge in [0, 0.05) is 25.7 Å². The predicted molar refractivity (Wildman–Crippen MR) is 108 cm³/mol. The fourth-order valence-electron chi connectivity index (χ4n) is 3.36. The molecule has 1 aromatic carbocycles. The van der Waals surface area contributed by atoms with Gasteiger partial charge in [0.25, 0.3) is 0 Å². The highest BCUT2D eigenvalue weighted by Gasteiger charge is 2.30. The van der Waals surface area contributed by atoms with Crippen LogP contribution in [-0.2, 0) is 18.3 Å². The van der Waals surface area contributed by atoms with Gasteiger partial charge in [0.05, 0.1) is 29.4 Å². The van der Waals surface area contributed by atoms with E-state index >= 15 is 0 Å².